The van der Waals surface area contributed by atoms with Gasteiger partial charge in [0.1, 0.15) is 10.7 Å². The van der Waals surface area contributed by atoms with E-state index in [4.69, 9.17) is 0 Å². The summed E-state index contributed by atoms with van der Waals surface area (Å²) in [5, 5.41) is -0.0210. The zero-order valence-corrected chi connectivity index (χ0v) is 15.4. The van der Waals surface area contributed by atoms with Gasteiger partial charge in [0, 0.05) is 35.2 Å². The van der Waals surface area contributed by atoms with Crippen molar-refractivity contribution in [2.75, 3.05) is 6.26 Å². The van der Waals surface area contributed by atoms with Crippen LogP contribution in [0.2, 0.25) is 0 Å². The van der Waals surface area contributed by atoms with Gasteiger partial charge >= 0.3 is 6.18 Å². The van der Waals surface area contributed by atoms with Crippen LogP contribution >= 0.6 is 11.8 Å². The van der Waals surface area contributed by atoms with Gasteiger partial charge in [0.2, 0.25) is 0 Å². The standard InChI is InChI=1S/C17H12F3N3O2S2/c1-27(24,25)13-7-3-2-6-12(13)26-15-9-14(17(18,19)20)22-16(23-15)11-5-4-8-21-10-11/h2-10H,1H3. The summed E-state index contributed by atoms with van der Waals surface area (Å²) in [6.07, 6.45) is -0.802. The third kappa shape index (κ3) is 4.64. The molecule has 0 N–H and O–H groups in total. The Morgan fingerprint density at radius 2 is 1.78 bits per heavy atom. The number of pyridine rings is 1. The summed E-state index contributed by atoms with van der Waals surface area (Å²) in [6.45, 7) is 0. The third-order valence-electron chi connectivity index (χ3n) is 3.38. The van der Waals surface area contributed by atoms with Crippen LogP contribution in [0, 0.1) is 0 Å². The smallest absolute Gasteiger partial charge is 0.264 e. The molecule has 2 heterocycles. The average Bonchev–Trinajstić information content (AvgIpc) is 2.61. The number of benzene rings is 1. The summed E-state index contributed by atoms with van der Waals surface area (Å²) in [6, 6.07) is 9.95. The Morgan fingerprint density at radius 3 is 2.41 bits per heavy atom. The number of alkyl halides is 3. The van der Waals surface area contributed by atoms with Gasteiger partial charge in [-0.1, -0.05) is 23.9 Å². The Morgan fingerprint density at radius 1 is 1.04 bits per heavy atom. The Hall–Kier alpha value is -2.46. The molecule has 2 aromatic heterocycles. The second-order valence-electron chi connectivity index (χ2n) is 5.48. The molecule has 27 heavy (non-hydrogen) atoms. The molecule has 5 nitrogen and oxygen atoms in total. The molecule has 3 rings (SSSR count). The van der Waals surface area contributed by atoms with E-state index in [-0.39, 0.29) is 20.6 Å². The second-order valence-corrected chi connectivity index (χ2v) is 8.52. The van der Waals surface area contributed by atoms with E-state index < -0.39 is 21.7 Å². The van der Waals surface area contributed by atoms with Crippen LogP contribution in [0.25, 0.3) is 11.4 Å². The molecule has 0 aliphatic rings. The first-order valence-electron chi connectivity index (χ1n) is 7.48. The van der Waals surface area contributed by atoms with Gasteiger partial charge < -0.3 is 0 Å². The zero-order chi connectivity index (χ0) is 19.7. The molecule has 0 unspecified atom stereocenters. The SMILES string of the molecule is CS(=O)(=O)c1ccccc1Sc1cc(C(F)(F)F)nc(-c2cccnc2)n1. The maximum Gasteiger partial charge on any atom is 0.433 e. The molecule has 0 saturated heterocycles. The van der Waals surface area contributed by atoms with E-state index in [9.17, 15) is 21.6 Å². The van der Waals surface area contributed by atoms with E-state index in [1.807, 2.05) is 0 Å². The van der Waals surface area contributed by atoms with Crippen molar-refractivity contribution in [1.29, 1.82) is 0 Å². The van der Waals surface area contributed by atoms with Crippen molar-refractivity contribution in [3.8, 4) is 11.4 Å². The fourth-order valence-electron chi connectivity index (χ4n) is 2.20. The van der Waals surface area contributed by atoms with Crippen LogP contribution in [0.3, 0.4) is 0 Å². The van der Waals surface area contributed by atoms with Crippen molar-refractivity contribution in [2.24, 2.45) is 0 Å². The van der Waals surface area contributed by atoms with Crippen molar-refractivity contribution in [3.05, 3.63) is 60.6 Å². The lowest BCUT2D eigenvalue weighted by atomic mass is 10.2. The monoisotopic (exact) mass is 411 g/mol. The maximum absolute atomic E-state index is 13.3. The molecule has 0 aliphatic heterocycles. The molecule has 0 aliphatic carbocycles. The summed E-state index contributed by atoms with van der Waals surface area (Å²) >= 11 is 0.830. The summed E-state index contributed by atoms with van der Waals surface area (Å²) in [5.41, 5.74) is -0.794. The number of halogens is 3. The number of hydrogen-bond donors (Lipinski definition) is 0. The lowest BCUT2D eigenvalue weighted by Gasteiger charge is -2.11. The minimum absolute atomic E-state index is 0.0186. The molecule has 0 amide bonds. The Labute approximate surface area is 157 Å². The lowest BCUT2D eigenvalue weighted by molar-refractivity contribution is -0.141. The lowest BCUT2D eigenvalue weighted by Crippen LogP contribution is -2.10. The van der Waals surface area contributed by atoms with E-state index >= 15 is 0 Å². The second kappa shape index (κ2) is 7.28. The minimum atomic E-state index is -4.68. The fourth-order valence-corrected chi connectivity index (χ4v) is 4.38. The molecular weight excluding hydrogens is 399 g/mol. The van der Waals surface area contributed by atoms with Crippen LogP contribution < -0.4 is 0 Å². The summed E-state index contributed by atoms with van der Waals surface area (Å²) in [7, 11) is -3.55. The van der Waals surface area contributed by atoms with Crippen LogP contribution in [0.1, 0.15) is 5.69 Å². The summed E-state index contributed by atoms with van der Waals surface area (Å²) < 4.78 is 63.6. The largest absolute Gasteiger partial charge is 0.433 e. The molecule has 10 heteroatoms. The Kier molecular flexibility index (Phi) is 5.20. The molecule has 1 aromatic carbocycles. The third-order valence-corrected chi connectivity index (χ3v) is 5.65. The first kappa shape index (κ1) is 19.3. The fraction of sp³-hybridized carbons (Fsp3) is 0.118. The molecule has 140 valence electrons. The maximum atomic E-state index is 13.3. The van der Waals surface area contributed by atoms with E-state index in [1.165, 1.54) is 24.5 Å². The molecule has 0 radical (unpaired) electrons. The molecule has 0 fully saturated rings. The van der Waals surface area contributed by atoms with E-state index in [0.717, 1.165) is 24.1 Å². The van der Waals surface area contributed by atoms with Gasteiger partial charge in [-0.3, -0.25) is 4.98 Å². The predicted octanol–water partition coefficient (Wildman–Crippen LogP) is 4.11. The highest BCUT2D eigenvalue weighted by molar-refractivity contribution is 8.00. The number of aromatic nitrogens is 3. The van der Waals surface area contributed by atoms with Crippen LogP contribution in [-0.4, -0.2) is 29.6 Å². The topological polar surface area (TPSA) is 72.8 Å². The highest BCUT2D eigenvalue weighted by Crippen LogP contribution is 2.36. The highest BCUT2D eigenvalue weighted by atomic mass is 32.2. The highest BCUT2D eigenvalue weighted by Gasteiger charge is 2.34. The van der Waals surface area contributed by atoms with Crippen LogP contribution in [0.15, 0.2) is 69.7 Å². The predicted molar refractivity (Wildman–Crippen MR) is 93.9 cm³/mol. The van der Waals surface area contributed by atoms with Crippen molar-refractivity contribution in [3.63, 3.8) is 0 Å². The Bertz CT molecular complexity index is 1070. The van der Waals surface area contributed by atoms with Gasteiger partial charge in [0.15, 0.2) is 15.7 Å². The van der Waals surface area contributed by atoms with E-state index in [0.29, 0.717) is 5.56 Å². The van der Waals surface area contributed by atoms with Gasteiger partial charge in [0.25, 0.3) is 0 Å². The number of sulfone groups is 1. The molecule has 0 spiro atoms. The molecule has 0 saturated carbocycles. The van der Waals surface area contributed by atoms with Gasteiger partial charge in [-0.15, -0.1) is 0 Å². The number of rotatable bonds is 4. The number of hydrogen-bond acceptors (Lipinski definition) is 6. The quantitative estimate of drug-likeness (QED) is 0.602. The van der Waals surface area contributed by atoms with Crippen LogP contribution in [0.5, 0.6) is 0 Å². The van der Waals surface area contributed by atoms with Gasteiger partial charge in [-0.2, -0.15) is 13.2 Å². The van der Waals surface area contributed by atoms with E-state index in [1.54, 1.807) is 24.3 Å². The van der Waals surface area contributed by atoms with Crippen molar-refractivity contribution in [2.45, 2.75) is 21.0 Å². The van der Waals surface area contributed by atoms with Gasteiger partial charge in [-0.05, 0) is 24.3 Å². The number of nitrogens with zero attached hydrogens (tertiary/aromatic N) is 3. The van der Waals surface area contributed by atoms with Crippen molar-refractivity contribution in [1.82, 2.24) is 15.0 Å². The molecule has 0 atom stereocenters. The summed E-state index contributed by atoms with van der Waals surface area (Å²) in [5.74, 6) is -0.141. The van der Waals surface area contributed by atoms with Crippen molar-refractivity contribution < 1.29 is 21.6 Å². The first-order chi connectivity index (χ1) is 12.6. The zero-order valence-electron chi connectivity index (χ0n) is 13.8. The van der Waals surface area contributed by atoms with Gasteiger partial charge in [0.05, 0.1) is 4.90 Å². The molecule has 3 aromatic rings. The van der Waals surface area contributed by atoms with Crippen molar-refractivity contribution >= 4 is 21.6 Å². The van der Waals surface area contributed by atoms with Crippen LogP contribution in [-0.2, 0) is 16.0 Å². The first-order valence-corrected chi connectivity index (χ1v) is 10.2. The van der Waals surface area contributed by atoms with Crippen LogP contribution in [0.4, 0.5) is 13.2 Å². The van der Waals surface area contributed by atoms with Gasteiger partial charge in [-0.25, -0.2) is 18.4 Å². The average molecular weight is 411 g/mol. The summed E-state index contributed by atoms with van der Waals surface area (Å²) in [4.78, 5) is 11.9. The normalized spacial score (nSPS) is 12.1. The minimum Gasteiger partial charge on any atom is -0.264 e. The van der Waals surface area contributed by atoms with E-state index in [2.05, 4.69) is 15.0 Å². The molecular formula is C17H12F3N3O2S2. The Balaban J connectivity index is 2.12. The molecule has 0 bridgehead atoms.